The number of hydrogen-bond donors (Lipinski definition) is 2. The normalized spacial score (nSPS) is 12.3. The second-order valence-electron chi connectivity index (χ2n) is 4.00. The van der Waals surface area contributed by atoms with Crippen molar-refractivity contribution in [2.45, 2.75) is 17.5 Å². The summed E-state index contributed by atoms with van der Waals surface area (Å²) in [5.41, 5.74) is 0.733. The van der Waals surface area contributed by atoms with Crippen LogP contribution >= 0.6 is 11.8 Å². The lowest BCUT2D eigenvalue weighted by molar-refractivity contribution is -0.139. The van der Waals surface area contributed by atoms with Gasteiger partial charge in [-0.05, 0) is 36.1 Å². The quantitative estimate of drug-likeness (QED) is 0.795. The van der Waals surface area contributed by atoms with Crippen molar-refractivity contribution in [1.29, 1.82) is 0 Å². The summed E-state index contributed by atoms with van der Waals surface area (Å²) >= 11 is 1.63. The lowest BCUT2D eigenvalue weighted by Crippen LogP contribution is -2.27. The van der Waals surface area contributed by atoms with Gasteiger partial charge in [0.15, 0.2) is 0 Å². The Morgan fingerprint density at radius 3 is 2.63 bits per heavy atom. The minimum Gasteiger partial charge on any atom is -0.480 e. The summed E-state index contributed by atoms with van der Waals surface area (Å²) in [5, 5.41) is 12.3. The second-order valence-corrected chi connectivity index (χ2v) is 4.88. The highest BCUT2D eigenvalue weighted by Crippen LogP contribution is 2.19. The van der Waals surface area contributed by atoms with Crippen LogP contribution in [-0.2, 0) is 11.3 Å². The number of carboxylic acid groups (broad SMARTS) is 1. The average molecular weight is 277 g/mol. The van der Waals surface area contributed by atoms with Crippen LogP contribution in [0.1, 0.15) is 17.4 Å². The first-order valence-electron chi connectivity index (χ1n) is 5.83. The third-order valence-electron chi connectivity index (χ3n) is 2.76. The molecule has 1 aromatic carbocycles. The van der Waals surface area contributed by atoms with Crippen molar-refractivity contribution in [3.63, 3.8) is 0 Å². The van der Waals surface area contributed by atoms with Crippen molar-refractivity contribution in [1.82, 2.24) is 5.32 Å². The molecule has 1 unspecified atom stereocenters. The molecular weight excluding hydrogens is 262 g/mol. The molecule has 100 valence electrons. The van der Waals surface area contributed by atoms with Crippen molar-refractivity contribution in [2.75, 3.05) is 6.26 Å². The smallest absolute Gasteiger partial charge is 0.325 e. The first-order valence-corrected chi connectivity index (χ1v) is 7.05. The Hall–Kier alpha value is -1.72. The molecule has 1 atom stereocenters. The maximum atomic E-state index is 11.3. The highest BCUT2D eigenvalue weighted by Gasteiger charge is 2.19. The summed E-state index contributed by atoms with van der Waals surface area (Å²) in [5.74, 6) is -0.185. The van der Waals surface area contributed by atoms with E-state index in [0.29, 0.717) is 12.3 Å². The van der Waals surface area contributed by atoms with E-state index < -0.39 is 12.0 Å². The van der Waals surface area contributed by atoms with Gasteiger partial charge in [0, 0.05) is 4.90 Å². The fourth-order valence-corrected chi connectivity index (χ4v) is 2.17. The molecule has 0 radical (unpaired) electrons. The van der Waals surface area contributed by atoms with Crippen molar-refractivity contribution in [3.8, 4) is 0 Å². The molecule has 0 aliphatic rings. The molecule has 2 N–H and O–H groups in total. The average Bonchev–Trinajstić information content (AvgIpc) is 2.92. The Balaban J connectivity index is 2.08. The molecule has 19 heavy (non-hydrogen) atoms. The van der Waals surface area contributed by atoms with Crippen molar-refractivity contribution in [2.24, 2.45) is 0 Å². The summed E-state index contributed by atoms with van der Waals surface area (Å²) in [6.07, 6.45) is 3.55. The van der Waals surface area contributed by atoms with Gasteiger partial charge in [-0.25, -0.2) is 0 Å². The third-order valence-corrected chi connectivity index (χ3v) is 3.50. The number of rotatable bonds is 6. The number of carboxylic acids is 1. The van der Waals surface area contributed by atoms with E-state index in [1.807, 2.05) is 36.6 Å². The third kappa shape index (κ3) is 3.62. The van der Waals surface area contributed by atoms with Crippen molar-refractivity contribution in [3.05, 3.63) is 54.0 Å². The zero-order chi connectivity index (χ0) is 13.7. The van der Waals surface area contributed by atoms with Crippen LogP contribution in [0.3, 0.4) is 0 Å². The molecule has 2 rings (SSSR count). The molecule has 0 spiro atoms. The van der Waals surface area contributed by atoms with Crippen LogP contribution in [0.4, 0.5) is 0 Å². The van der Waals surface area contributed by atoms with Crippen LogP contribution in [0.25, 0.3) is 0 Å². The van der Waals surface area contributed by atoms with Gasteiger partial charge in [-0.1, -0.05) is 12.1 Å². The van der Waals surface area contributed by atoms with Gasteiger partial charge in [0.25, 0.3) is 0 Å². The molecule has 2 aromatic rings. The van der Waals surface area contributed by atoms with Crippen molar-refractivity contribution < 1.29 is 14.3 Å². The minimum absolute atomic E-state index is 0.383. The molecule has 0 aliphatic heterocycles. The van der Waals surface area contributed by atoms with Crippen LogP contribution < -0.4 is 5.32 Å². The van der Waals surface area contributed by atoms with E-state index in [9.17, 15) is 9.90 Å². The van der Waals surface area contributed by atoms with Gasteiger partial charge < -0.3 is 9.52 Å². The molecule has 0 saturated heterocycles. The van der Waals surface area contributed by atoms with E-state index in [1.165, 1.54) is 0 Å². The second kappa shape index (κ2) is 6.45. The van der Waals surface area contributed by atoms with E-state index in [2.05, 4.69) is 5.32 Å². The molecule has 0 amide bonds. The summed E-state index contributed by atoms with van der Waals surface area (Å²) in [6.45, 7) is 0.383. The maximum absolute atomic E-state index is 11.3. The highest BCUT2D eigenvalue weighted by molar-refractivity contribution is 7.98. The molecule has 1 aromatic heterocycles. The number of carbonyl (C=O) groups is 1. The Morgan fingerprint density at radius 1 is 1.37 bits per heavy atom. The number of aliphatic carboxylic acids is 1. The zero-order valence-electron chi connectivity index (χ0n) is 10.5. The van der Waals surface area contributed by atoms with E-state index in [-0.39, 0.29) is 0 Å². The number of furan rings is 1. The fraction of sp³-hybridized carbons (Fsp3) is 0.214. The summed E-state index contributed by atoms with van der Waals surface area (Å²) in [7, 11) is 0. The largest absolute Gasteiger partial charge is 0.480 e. The van der Waals surface area contributed by atoms with Gasteiger partial charge in [0.05, 0.1) is 12.8 Å². The molecule has 5 heteroatoms. The van der Waals surface area contributed by atoms with Gasteiger partial charge in [-0.3, -0.25) is 10.1 Å². The van der Waals surface area contributed by atoms with E-state index in [0.717, 1.165) is 10.5 Å². The summed E-state index contributed by atoms with van der Waals surface area (Å²) in [6, 6.07) is 10.4. The van der Waals surface area contributed by atoms with Crippen molar-refractivity contribution >= 4 is 17.7 Å². The highest BCUT2D eigenvalue weighted by atomic mass is 32.2. The molecular formula is C14H15NO3S. The predicted octanol–water partition coefficient (Wildman–Crippen LogP) is 2.92. The van der Waals surface area contributed by atoms with Crippen LogP contribution in [0, 0.1) is 0 Å². The van der Waals surface area contributed by atoms with E-state index in [1.54, 1.807) is 24.1 Å². The van der Waals surface area contributed by atoms with Gasteiger partial charge in [0.1, 0.15) is 11.8 Å². The molecule has 0 fully saturated rings. The van der Waals surface area contributed by atoms with Gasteiger partial charge in [-0.15, -0.1) is 11.8 Å². The summed E-state index contributed by atoms with van der Waals surface area (Å²) in [4.78, 5) is 12.4. The zero-order valence-corrected chi connectivity index (χ0v) is 11.3. The molecule has 0 bridgehead atoms. The number of benzene rings is 1. The number of hydrogen-bond acceptors (Lipinski definition) is 4. The molecule has 0 aliphatic carbocycles. The van der Waals surface area contributed by atoms with Crippen LogP contribution in [-0.4, -0.2) is 17.3 Å². The first kappa shape index (κ1) is 13.7. The van der Waals surface area contributed by atoms with E-state index in [4.69, 9.17) is 4.42 Å². The summed E-state index contributed by atoms with van der Waals surface area (Å²) < 4.78 is 5.18. The van der Waals surface area contributed by atoms with Crippen LogP contribution in [0.2, 0.25) is 0 Å². The number of thioether (sulfide) groups is 1. The first-order chi connectivity index (χ1) is 9.20. The van der Waals surface area contributed by atoms with E-state index >= 15 is 0 Å². The fourth-order valence-electron chi connectivity index (χ4n) is 1.76. The molecule has 0 saturated carbocycles. The maximum Gasteiger partial charge on any atom is 0.325 e. The standard InChI is InChI=1S/C14H15NO3S/c1-19-12-6-4-10(5-7-12)13(14(16)17)15-9-11-3-2-8-18-11/h2-8,13,15H,9H2,1H3,(H,16,17). The minimum atomic E-state index is -0.900. The van der Waals surface area contributed by atoms with Gasteiger partial charge in [-0.2, -0.15) is 0 Å². The van der Waals surface area contributed by atoms with Crippen LogP contribution in [0.15, 0.2) is 52.0 Å². The topological polar surface area (TPSA) is 62.5 Å². The predicted molar refractivity (Wildman–Crippen MR) is 74.1 cm³/mol. The Labute approximate surface area is 115 Å². The Bertz CT molecular complexity index is 522. The lowest BCUT2D eigenvalue weighted by Gasteiger charge is -2.14. The number of nitrogens with one attached hydrogen (secondary N) is 1. The molecule has 4 nitrogen and oxygen atoms in total. The Morgan fingerprint density at radius 2 is 2.11 bits per heavy atom. The lowest BCUT2D eigenvalue weighted by atomic mass is 10.1. The molecule has 1 heterocycles. The Kier molecular flexibility index (Phi) is 4.65. The van der Waals surface area contributed by atoms with Gasteiger partial charge in [0.2, 0.25) is 0 Å². The van der Waals surface area contributed by atoms with Crippen LogP contribution in [0.5, 0.6) is 0 Å². The SMILES string of the molecule is CSc1ccc(C(NCc2ccco2)C(=O)O)cc1. The van der Waals surface area contributed by atoms with Gasteiger partial charge >= 0.3 is 5.97 Å². The monoisotopic (exact) mass is 277 g/mol.